The molecule has 0 N–H and O–H groups in total. The summed E-state index contributed by atoms with van der Waals surface area (Å²) in [5.41, 5.74) is 0. The average molecular weight is 245 g/mol. The summed E-state index contributed by atoms with van der Waals surface area (Å²) in [4.78, 5) is 16.7. The van der Waals surface area contributed by atoms with Crippen LogP contribution in [0.15, 0.2) is 4.52 Å². The van der Waals surface area contributed by atoms with E-state index < -0.39 is 18.6 Å². The molecule has 1 aromatic rings. The van der Waals surface area contributed by atoms with Gasteiger partial charge in [-0.15, -0.1) is 0 Å². The van der Waals surface area contributed by atoms with Crippen LogP contribution in [0.1, 0.15) is 25.2 Å². The van der Waals surface area contributed by atoms with E-state index in [2.05, 4.69) is 10.1 Å². The van der Waals surface area contributed by atoms with Crippen molar-refractivity contribution in [2.75, 3.05) is 18.0 Å². The van der Waals surface area contributed by atoms with Gasteiger partial charge in [0.2, 0.25) is 11.7 Å². The molecule has 0 radical (unpaired) electrons. The fourth-order valence-corrected chi connectivity index (χ4v) is 1.77. The number of ketones is 1. The summed E-state index contributed by atoms with van der Waals surface area (Å²) in [6.07, 6.45) is -0.205. The zero-order valence-electron chi connectivity index (χ0n) is 9.23. The lowest BCUT2D eigenvalue weighted by molar-refractivity contribution is -0.129. The maximum atomic E-state index is 12.0. The van der Waals surface area contributed by atoms with Gasteiger partial charge in [-0.05, 0) is 24.4 Å². The molecule has 2 rings (SSSR count). The first-order valence-electron chi connectivity index (χ1n) is 5.55. The molecule has 0 atom stereocenters. The van der Waals surface area contributed by atoms with Crippen molar-refractivity contribution < 1.29 is 18.1 Å². The first-order chi connectivity index (χ1) is 8.16. The number of halogens is 2. The van der Waals surface area contributed by atoms with Crippen LogP contribution in [0.2, 0.25) is 0 Å². The van der Waals surface area contributed by atoms with Crippen molar-refractivity contribution in [3.63, 3.8) is 0 Å². The summed E-state index contributed by atoms with van der Waals surface area (Å²) < 4.78 is 28.8. The Balaban J connectivity index is 1.97. The zero-order valence-corrected chi connectivity index (χ0v) is 9.23. The number of hydrogen-bond acceptors (Lipinski definition) is 5. The van der Waals surface area contributed by atoms with Crippen molar-refractivity contribution in [2.45, 2.75) is 32.1 Å². The number of rotatable bonds is 4. The fraction of sp³-hybridized carbons (Fsp3) is 0.700. The van der Waals surface area contributed by atoms with Gasteiger partial charge in [0.25, 0.3) is 12.4 Å². The maximum Gasteiger partial charge on any atom is 0.296 e. The molecule has 5 nitrogen and oxygen atoms in total. The molecule has 0 aliphatic carbocycles. The van der Waals surface area contributed by atoms with Gasteiger partial charge in [0.05, 0.1) is 6.42 Å². The third-order valence-electron chi connectivity index (χ3n) is 2.67. The van der Waals surface area contributed by atoms with Crippen molar-refractivity contribution in [2.24, 2.45) is 0 Å². The number of carbonyl (C=O) groups is 1. The second-order valence-electron chi connectivity index (χ2n) is 3.98. The Morgan fingerprint density at radius 3 is 2.71 bits per heavy atom. The first-order valence-corrected chi connectivity index (χ1v) is 5.55. The number of piperidine rings is 1. The van der Waals surface area contributed by atoms with Gasteiger partial charge in [-0.25, -0.2) is 8.78 Å². The van der Waals surface area contributed by atoms with E-state index in [9.17, 15) is 13.6 Å². The highest BCUT2D eigenvalue weighted by molar-refractivity contribution is 5.82. The molecular weight excluding hydrogens is 232 g/mol. The van der Waals surface area contributed by atoms with Crippen LogP contribution in [0.4, 0.5) is 14.7 Å². The summed E-state index contributed by atoms with van der Waals surface area (Å²) in [6, 6.07) is 0. The third-order valence-corrected chi connectivity index (χ3v) is 2.67. The minimum atomic E-state index is -2.99. The van der Waals surface area contributed by atoms with Gasteiger partial charge in [0, 0.05) is 13.1 Å². The summed E-state index contributed by atoms with van der Waals surface area (Å²) in [7, 11) is 0. The van der Waals surface area contributed by atoms with Crippen LogP contribution in [0.5, 0.6) is 0 Å². The number of nitrogens with zero attached hydrogens (tertiary/aromatic N) is 3. The molecule has 0 unspecified atom stereocenters. The smallest absolute Gasteiger partial charge is 0.296 e. The molecular formula is C10H13F2N3O2. The van der Waals surface area contributed by atoms with Crippen molar-refractivity contribution in [1.82, 2.24) is 10.1 Å². The Morgan fingerprint density at radius 2 is 2.06 bits per heavy atom. The lowest BCUT2D eigenvalue weighted by Gasteiger charge is -2.24. The largest absolute Gasteiger partial charge is 0.338 e. The molecule has 1 aliphatic heterocycles. The standard InChI is InChI=1S/C10H13F2N3O2/c11-9(12)7(16)6-8-13-10(14-17-8)15-4-2-1-3-5-15/h9H,1-6H2. The number of Topliss-reactive ketones (excluding diaryl/α,β-unsaturated/α-hetero) is 1. The minimum Gasteiger partial charge on any atom is -0.338 e. The van der Waals surface area contributed by atoms with Crippen LogP contribution in [0.25, 0.3) is 0 Å². The second-order valence-corrected chi connectivity index (χ2v) is 3.98. The molecule has 2 heterocycles. The Morgan fingerprint density at radius 1 is 1.35 bits per heavy atom. The van der Waals surface area contributed by atoms with Crippen LogP contribution in [0.3, 0.4) is 0 Å². The van der Waals surface area contributed by atoms with E-state index in [1.54, 1.807) is 0 Å². The molecule has 1 aliphatic rings. The Labute approximate surface area is 96.8 Å². The fourth-order valence-electron chi connectivity index (χ4n) is 1.77. The first kappa shape index (κ1) is 11.9. The van der Waals surface area contributed by atoms with E-state index in [1.165, 1.54) is 6.42 Å². The maximum absolute atomic E-state index is 12.0. The molecule has 94 valence electrons. The van der Waals surface area contributed by atoms with Gasteiger partial charge < -0.3 is 9.42 Å². The Kier molecular flexibility index (Phi) is 3.65. The predicted molar refractivity (Wildman–Crippen MR) is 55.1 cm³/mol. The van der Waals surface area contributed by atoms with Gasteiger partial charge in [0.15, 0.2) is 0 Å². The molecule has 7 heteroatoms. The van der Waals surface area contributed by atoms with Crippen LogP contribution >= 0.6 is 0 Å². The summed E-state index contributed by atoms with van der Waals surface area (Å²) in [6.45, 7) is 1.67. The molecule has 0 spiro atoms. The lowest BCUT2D eigenvalue weighted by Crippen LogP contribution is -2.30. The molecule has 0 aromatic carbocycles. The second kappa shape index (κ2) is 5.20. The van der Waals surface area contributed by atoms with Gasteiger partial charge in [-0.3, -0.25) is 4.79 Å². The van der Waals surface area contributed by atoms with Crippen molar-refractivity contribution in [1.29, 1.82) is 0 Å². The average Bonchev–Trinajstić information content (AvgIpc) is 2.78. The van der Waals surface area contributed by atoms with Gasteiger partial charge >= 0.3 is 0 Å². The highest BCUT2D eigenvalue weighted by Gasteiger charge is 2.21. The minimum absolute atomic E-state index is 0.0455. The number of anilines is 1. The zero-order chi connectivity index (χ0) is 12.3. The molecule has 0 amide bonds. The highest BCUT2D eigenvalue weighted by Crippen LogP contribution is 2.16. The highest BCUT2D eigenvalue weighted by atomic mass is 19.3. The Hall–Kier alpha value is -1.53. The van der Waals surface area contributed by atoms with E-state index in [4.69, 9.17) is 4.52 Å². The Bertz CT molecular complexity index is 389. The van der Waals surface area contributed by atoms with E-state index in [0.29, 0.717) is 5.95 Å². The quantitative estimate of drug-likeness (QED) is 0.803. The molecule has 1 fully saturated rings. The number of hydrogen-bond donors (Lipinski definition) is 0. The van der Waals surface area contributed by atoms with Gasteiger partial charge in [0.1, 0.15) is 0 Å². The van der Waals surface area contributed by atoms with Gasteiger partial charge in [-0.2, -0.15) is 4.98 Å². The van der Waals surface area contributed by atoms with Crippen molar-refractivity contribution in [3.05, 3.63) is 5.89 Å². The van der Waals surface area contributed by atoms with Gasteiger partial charge in [-0.1, -0.05) is 0 Å². The van der Waals surface area contributed by atoms with Crippen LogP contribution in [-0.4, -0.2) is 35.4 Å². The summed E-state index contributed by atoms with van der Waals surface area (Å²) in [5.74, 6) is -0.850. The van der Waals surface area contributed by atoms with Crippen molar-refractivity contribution >= 4 is 11.7 Å². The molecule has 1 saturated heterocycles. The predicted octanol–water partition coefficient (Wildman–Crippen LogP) is 1.44. The molecule has 0 saturated carbocycles. The summed E-state index contributed by atoms with van der Waals surface area (Å²) in [5, 5.41) is 3.69. The van der Waals surface area contributed by atoms with Crippen LogP contribution in [-0.2, 0) is 11.2 Å². The molecule has 17 heavy (non-hydrogen) atoms. The van der Waals surface area contributed by atoms with E-state index in [0.717, 1.165) is 25.9 Å². The van der Waals surface area contributed by atoms with E-state index in [-0.39, 0.29) is 5.89 Å². The van der Waals surface area contributed by atoms with E-state index >= 15 is 0 Å². The normalized spacial score (nSPS) is 16.5. The topological polar surface area (TPSA) is 59.2 Å². The van der Waals surface area contributed by atoms with E-state index in [1.807, 2.05) is 4.90 Å². The summed E-state index contributed by atoms with van der Waals surface area (Å²) >= 11 is 0. The molecule has 1 aromatic heterocycles. The molecule has 0 bridgehead atoms. The van der Waals surface area contributed by atoms with Crippen LogP contribution in [0, 0.1) is 0 Å². The van der Waals surface area contributed by atoms with Crippen molar-refractivity contribution in [3.8, 4) is 0 Å². The van der Waals surface area contributed by atoms with Crippen LogP contribution < -0.4 is 4.90 Å². The number of aromatic nitrogens is 2. The lowest BCUT2D eigenvalue weighted by atomic mass is 10.1. The monoisotopic (exact) mass is 245 g/mol. The number of alkyl halides is 2. The SMILES string of the molecule is O=C(Cc1nc(N2CCCCC2)no1)C(F)F. The third kappa shape index (κ3) is 2.98. The number of carbonyl (C=O) groups excluding carboxylic acids is 1.